The first kappa shape index (κ1) is 45.4. The lowest BCUT2D eigenvalue weighted by Crippen LogP contribution is -2.27. The van der Waals surface area contributed by atoms with Crippen LogP contribution in [0.1, 0.15) is 74.9 Å². The van der Waals surface area contributed by atoms with Crippen molar-refractivity contribution in [3.63, 3.8) is 0 Å². The van der Waals surface area contributed by atoms with E-state index < -0.39 is 5.41 Å². The molecule has 0 fully saturated rings. The average Bonchev–Trinajstić information content (AvgIpc) is 3.94. The van der Waals surface area contributed by atoms with Gasteiger partial charge in [-0.3, -0.25) is 0 Å². The van der Waals surface area contributed by atoms with Gasteiger partial charge < -0.3 is 4.90 Å². The van der Waals surface area contributed by atoms with Gasteiger partial charge in [-0.25, -0.2) is 0 Å². The van der Waals surface area contributed by atoms with Crippen LogP contribution in [0.25, 0.3) is 77.5 Å². The molecule has 11 aromatic rings. The molecule has 1 nitrogen and oxygen atoms in total. The smallest absolute Gasteiger partial charge is 0.0726 e. The van der Waals surface area contributed by atoms with Crippen molar-refractivity contribution < 1.29 is 0 Å². The molecule has 0 aromatic heterocycles. The molecule has 0 bridgehead atoms. The van der Waals surface area contributed by atoms with Gasteiger partial charge in [0.05, 0.1) is 5.41 Å². The SMILES string of the molecule is CC(C)(C)c1ccc2c(c1)C1(c3cc(-c4cccc(-c5cccc6ccccc56)c4)ccc3-c3ccc(N(c4ccc(-c5ccccc5)cc4)c4ccc(-c5ccccc5)cc4)cc31)c1cc(C(C)(C)C)ccc1-2. The van der Waals surface area contributed by atoms with Crippen LogP contribution in [0, 0.1) is 0 Å². The third-order valence-corrected chi connectivity index (χ3v) is 16.0. The highest BCUT2D eigenvalue weighted by molar-refractivity contribution is 5.99. The maximum absolute atomic E-state index is 2.56. The van der Waals surface area contributed by atoms with E-state index in [1.165, 1.54) is 111 Å². The van der Waals surface area contributed by atoms with Crippen molar-refractivity contribution in [2.75, 3.05) is 4.90 Å². The van der Waals surface area contributed by atoms with Crippen LogP contribution in [-0.2, 0) is 16.2 Å². The Hall–Kier alpha value is -8.52. The highest BCUT2D eigenvalue weighted by atomic mass is 15.1. The Bertz CT molecular complexity index is 3790. The van der Waals surface area contributed by atoms with Crippen molar-refractivity contribution in [2.45, 2.75) is 57.8 Å². The van der Waals surface area contributed by atoms with Gasteiger partial charge in [-0.15, -0.1) is 0 Å². The summed E-state index contributed by atoms with van der Waals surface area (Å²) < 4.78 is 0. The predicted octanol–water partition coefficient (Wildman–Crippen LogP) is 19.9. The number of fused-ring (bicyclic) bond motifs is 11. The zero-order valence-corrected chi connectivity index (χ0v) is 43.1. The fourth-order valence-electron chi connectivity index (χ4n) is 12.1. The maximum Gasteiger partial charge on any atom is 0.0726 e. The molecule has 0 amide bonds. The molecule has 0 atom stereocenters. The summed E-state index contributed by atoms with van der Waals surface area (Å²) >= 11 is 0. The second kappa shape index (κ2) is 17.3. The van der Waals surface area contributed by atoms with Crippen LogP contribution in [0.5, 0.6) is 0 Å². The number of nitrogens with zero attached hydrogens (tertiary/aromatic N) is 1. The molecule has 0 saturated carbocycles. The molecule has 0 heterocycles. The van der Waals surface area contributed by atoms with Crippen molar-refractivity contribution in [3.05, 3.63) is 282 Å². The summed E-state index contributed by atoms with van der Waals surface area (Å²) in [5.74, 6) is 0. The molecule has 0 radical (unpaired) electrons. The van der Waals surface area contributed by atoms with Crippen molar-refractivity contribution in [2.24, 2.45) is 0 Å². The minimum Gasteiger partial charge on any atom is -0.310 e. The summed E-state index contributed by atoms with van der Waals surface area (Å²) in [6.45, 7) is 14.1. The monoisotopic (exact) mass is 949 g/mol. The second-order valence-electron chi connectivity index (χ2n) is 22.5. The van der Waals surface area contributed by atoms with E-state index in [-0.39, 0.29) is 10.8 Å². The molecule has 11 aromatic carbocycles. The Labute approximate surface area is 437 Å². The fraction of sp³-hybridized carbons (Fsp3) is 0.123. The zero-order valence-electron chi connectivity index (χ0n) is 43.1. The lowest BCUT2D eigenvalue weighted by atomic mass is 9.68. The van der Waals surface area contributed by atoms with Crippen molar-refractivity contribution in [1.29, 1.82) is 0 Å². The number of rotatable bonds is 7. The van der Waals surface area contributed by atoms with E-state index in [0.717, 1.165) is 17.1 Å². The number of benzene rings is 11. The standard InChI is InChI=1S/C73H59N/c1-71(2,3)56-32-40-64-65-41-33-57(72(4,5)6)46-69(65)73(68(64)45-56)67-44-54(53-23-15-24-55(43-53)62-26-16-22-52-21-13-14-25-61(52)62)31-39-63(67)66-42-38-60(47-70(66)73)74(58-34-27-50(28-35-58)48-17-9-7-10-18-48)59-36-29-51(30-37-59)49-19-11-8-12-20-49/h7-47H,1-6H3. The first-order chi connectivity index (χ1) is 35.9. The topological polar surface area (TPSA) is 3.24 Å². The first-order valence-corrected chi connectivity index (χ1v) is 26.2. The Morgan fingerprint density at radius 1 is 0.270 bits per heavy atom. The van der Waals surface area contributed by atoms with Gasteiger partial charge in [-0.05, 0) is 170 Å². The summed E-state index contributed by atoms with van der Waals surface area (Å²) in [5, 5.41) is 2.52. The molecular formula is C73H59N. The minimum atomic E-state index is -0.614. The minimum absolute atomic E-state index is 0.0633. The Morgan fingerprint density at radius 3 is 1.23 bits per heavy atom. The number of anilines is 3. The fourth-order valence-corrected chi connectivity index (χ4v) is 12.1. The Kier molecular flexibility index (Phi) is 10.6. The molecule has 0 unspecified atom stereocenters. The van der Waals surface area contributed by atoms with E-state index in [9.17, 15) is 0 Å². The quantitative estimate of drug-likeness (QED) is 0.154. The Balaban J connectivity index is 1.06. The molecule has 1 heteroatoms. The summed E-state index contributed by atoms with van der Waals surface area (Å²) in [7, 11) is 0. The van der Waals surface area contributed by atoms with Crippen LogP contribution in [0.3, 0.4) is 0 Å². The van der Waals surface area contributed by atoms with Gasteiger partial charge in [-0.1, -0.05) is 242 Å². The van der Waals surface area contributed by atoms with Gasteiger partial charge in [0.15, 0.2) is 0 Å². The molecule has 0 saturated heterocycles. The van der Waals surface area contributed by atoms with Gasteiger partial charge >= 0.3 is 0 Å². The van der Waals surface area contributed by atoms with Crippen molar-refractivity contribution in [3.8, 4) is 66.8 Å². The first-order valence-electron chi connectivity index (χ1n) is 26.2. The Morgan fingerprint density at radius 2 is 0.662 bits per heavy atom. The summed E-state index contributed by atoms with van der Waals surface area (Å²) in [6.07, 6.45) is 0. The van der Waals surface area contributed by atoms with Crippen LogP contribution in [0.15, 0.2) is 249 Å². The largest absolute Gasteiger partial charge is 0.310 e. The van der Waals surface area contributed by atoms with Crippen LogP contribution >= 0.6 is 0 Å². The van der Waals surface area contributed by atoms with E-state index in [1.807, 2.05) is 0 Å². The average molecular weight is 950 g/mol. The summed E-state index contributed by atoms with van der Waals surface area (Å²) in [4.78, 5) is 2.46. The van der Waals surface area contributed by atoms with Crippen molar-refractivity contribution in [1.82, 2.24) is 0 Å². The van der Waals surface area contributed by atoms with Gasteiger partial charge in [-0.2, -0.15) is 0 Å². The summed E-state index contributed by atoms with van der Waals surface area (Å²) in [6, 6.07) is 93.5. The van der Waals surface area contributed by atoms with E-state index in [2.05, 4.69) is 295 Å². The highest BCUT2D eigenvalue weighted by Gasteiger charge is 2.53. The molecule has 13 rings (SSSR count). The van der Waals surface area contributed by atoms with E-state index in [0.29, 0.717) is 0 Å². The van der Waals surface area contributed by atoms with E-state index >= 15 is 0 Å². The predicted molar refractivity (Wildman–Crippen MR) is 314 cm³/mol. The molecule has 74 heavy (non-hydrogen) atoms. The van der Waals surface area contributed by atoms with E-state index in [4.69, 9.17) is 0 Å². The lowest BCUT2D eigenvalue weighted by molar-refractivity contribution is 0.586. The van der Waals surface area contributed by atoms with Gasteiger partial charge in [0.1, 0.15) is 0 Å². The highest BCUT2D eigenvalue weighted by Crippen LogP contribution is 2.64. The molecule has 2 aliphatic rings. The lowest BCUT2D eigenvalue weighted by Gasteiger charge is -2.34. The molecule has 356 valence electrons. The second-order valence-corrected chi connectivity index (χ2v) is 22.5. The number of hydrogen-bond acceptors (Lipinski definition) is 1. The maximum atomic E-state index is 2.56. The van der Waals surface area contributed by atoms with Crippen LogP contribution < -0.4 is 4.90 Å². The van der Waals surface area contributed by atoms with Crippen molar-refractivity contribution >= 4 is 27.8 Å². The third-order valence-electron chi connectivity index (χ3n) is 16.0. The van der Waals surface area contributed by atoms with Crippen LogP contribution in [-0.4, -0.2) is 0 Å². The van der Waals surface area contributed by atoms with Crippen LogP contribution in [0.4, 0.5) is 17.1 Å². The third kappa shape index (κ3) is 7.44. The zero-order chi connectivity index (χ0) is 50.3. The summed E-state index contributed by atoms with van der Waals surface area (Å²) in [5.41, 5.74) is 25.5. The normalized spacial score (nSPS) is 13.1. The molecular weight excluding hydrogens is 891 g/mol. The molecule has 0 aliphatic heterocycles. The van der Waals surface area contributed by atoms with Crippen LogP contribution in [0.2, 0.25) is 0 Å². The number of hydrogen-bond donors (Lipinski definition) is 0. The van der Waals surface area contributed by atoms with Gasteiger partial charge in [0, 0.05) is 17.1 Å². The van der Waals surface area contributed by atoms with E-state index in [1.54, 1.807) is 0 Å². The molecule has 1 spiro atoms. The molecule has 0 N–H and O–H groups in total. The molecule has 2 aliphatic carbocycles. The van der Waals surface area contributed by atoms with Gasteiger partial charge in [0.2, 0.25) is 0 Å². The van der Waals surface area contributed by atoms with Gasteiger partial charge in [0.25, 0.3) is 0 Å².